The van der Waals surface area contributed by atoms with Crippen molar-refractivity contribution in [2.45, 2.75) is 45.7 Å². The number of piperidine rings is 1. The van der Waals surface area contributed by atoms with Gasteiger partial charge in [-0.3, -0.25) is 0 Å². The molecule has 0 unspecified atom stereocenters. The van der Waals surface area contributed by atoms with Crippen LogP contribution in [0.3, 0.4) is 0 Å². The SMILES string of the molecule is CCN1CCC(NCCNC(C)C)CC1. The Hall–Kier alpha value is -0.120. The van der Waals surface area contributed by atoms with E-state index in [1.807, 2.05) is 0 Å². The van der Waals surface area contributed by atoms with Crippen molar-refractivity contribution in [2.24, 2.45) is 0 Å². The normalized spacial score (nSPS) is 20.0. The number of hydrogen-bond acceptors (Lipinski definition) is 3. The van der Waals surface area contributed by atoms with E-state index in [0.717, 1.165) is 19.1 Å². The average molecular weight is 213 g/mol. The lowest BCUT2D eigenvalue weighted by Gasteiger charge is -2.31. The van der Waals surface area contributed by atoms with E-state index >= 15 is 0 Å². The first-order valence-electron chi connectivity index (χ1n) is 6.41. The van der Waals surface area contributed by atoms with Crippen LogP contribution >= 0.6 is 0 Å². The van der Waals surface area contributed by atoms with Gasteiger partial charge >= 0.3 is 0 Å². The van der Waals surface area contributed by atoms with Gasteiger partial charge in [0.15, 0.2) is 0 Å². The topological polar surface area (TPSA) is 27.3 Å². The Kier molecular flexibility index (Phi) is 6.22. The largest absolute Gasteiger partial charge is 0.313 e. The zero-order valence-corrected chi connectivity index (χ0v) is 10.6. The predicted molar refractivity (Wildman–Crippen MR) is 66.3 cm³/mol. The van der Waals surface area contributed by atoms with Crippen LogP contribution in [0.2, 0.25) is 0 Å². The monoisotopic (exact) mass is 213 g/mol. The van der Waals surface area contributed by atoms with Gasteiger partial charge in [-0.05, 0) is 32.5 Å². The van der Waals surface area contributed by atoms with Crippen LogP contribution in [0.1, 0.15) is 33.6 Å². The van der Waals surface area contributed by atoms with Crippen LogP contribution < -0.4 is 10.6 Å². The van der Waals surface area contributed by atoms with E-state index < -0.39 is 0 Å². The number of nitrogens with zero attached hydrogens (tertiary/aromatic N) is 1. The fourth-order valence-electron chi connectivity index (χ4n) is 2.09. The molecule has 1 saturated heterocycles. The van der Waals surface area contributed by atoms with E-state index in [9.17, 15) is 0 Å². The van der Waals surface area contributed by atoms with Gasteiger partial charge in [0.2, 0.25) is 0 Å². The van der Waals surface area contributed by atoms with E-state index in [0.29, 0.717) is 6.04 Å². The van der Waals surface area contributed by atoms with Crippen LogP contribution in [-0.2, 0) is 0 Å². The Labute approximate surface area is 94.6 Å². The zero-order valence-electron chi connectivity index (χ0n) is 10.6. The Balaban J connectivity index is 1.99. The first kappa shape index (κ1) is 12.9. The summed E-state index contributed by atoms with van der Waals surface area (Å²) in [4.78, 5) is 2.53. The summed E-state index contributed by atoms with van der Waals surface area (Å²) in [5.41, 5.74) is 0. The van der Waals surface area contributed by atoms with Crippen LogP contribution in [0, 0.1) is 0 Å². The third-order valence-electron chi connectivity index (χ3n) is 3.15. The van der Waals surface area contributed by atoms with E-state index in [2.05, 4.69) is 36.3 Å². The molecule has 1 heterocycles. The van der Waals surface area contributed by atoms with E-state index in [-0.39, 0.29) is 0 Å². The molecule has 1 aliphatic rings. The Bertz CT molecular complexity index is 151. The highest BCUT2D eigenvalue weighted by molar-refractivity contribution is 4.76. The highest BCUT2D eigenvalue weighted by Gasteiger charge is 2.16. The van der Waals surface area contributed by atoms with Gasteiger partial charge in [-0.1, -0.05) is 20.8 Å². The number of likely N-dealkylation sites (tertiary alicyclic amines) is 1. The lowest BCUT2D eigenvalue weighted by molar-refractivity contribution is 0.206. The number of hydrogen-bond donors (Lipinski definition) is 2. The van der Waals surface area contributed by atoms with Crippen molar-refractivity contribution in [3.05, 3.63) is 0 Å². The maximum atomic E-state index is 3.63. The van der Waals surface area contributed by atoms with Crippen molar-refractivity contribution >= 4 is 0 Å². The van der Waals surface area contributed by atoms with Gasteiger partial charge < -0.3 is 15.5 Å². The van der Waals surface area contributed by atoms with Crippen LogP contribution in [0.4, 0.5) is 0 Å². The molecule has 2 N–H and O–H groups in total. The van der Waals surface area contributed by atoms with Gasteiger partial charge in [0.05, 0.1) is 0 Å². The van der Waals surface area contributed by atoms with Crippen LogP contribution in [0.5, 0.6) is 0 Å². The number of nitrogens with one attached hydrogen (secondary N) is 2. The smallest absolute Gasteiger partial charge is 0.00919 e. The summed E-state index contributed by atoms with van der Waals surface area (Å²) in [6, 6.07) is 1.36. The summed E-state index contributed by atoms with van der Waals surface area (Å²) in [5, 5.41) is 7.06. The molecule has 0 aliphatic carbocycles. The molecule has 90 valence electrons. The molecule has 1 rings (SSSR count). The maximum Gasteiger partial charge on any atom is 0.00919 e. The minimum Gasteiger partial charge on any atom is -0.313 e. The van der Waals surface area contributed by atoms with Crippen LogP contribution in [0.15, 0.2) is 0 Å². The minimum atomic E-state index is 0.605. The first-order valence-corrected chi connectivity index (χ1v) is 6.41. The Morgan fingerprint density at radius 1 is 1.20 bits per heavy atom. The van der Waals surface area contributed by atoms with Gasteiger partial charge in [-0.2, -0.15) is 0 Å². The van der Waals surface area contributed by atoms with Crippen LogP contribution in [-0.4, -0.2) is 49.7 Å². The molecule has 0 bridgehead atoms. The summed E-state index contributed by atoms with van der Waals surface area (Å²) in [6.07, 6.45) is 2.63. The molecule has 0 aromatic rings. The predicted octanol–water partition coefficient (Wildman–Crippen LogP) is 1.06. The third kappa shape index (κ3) is 5.50. The fraction of sp³-hybridized carbons (Fsp3) is 1.00. The molecule has 0 saturated carbocycles. The second kappa shape index (κ2) is 7.20. The van der Waals surface area contributed by atoms with E-state index in [1.54, 1.807) is 0 Å². The van der Waals surface area contributed by atoms with Crippen LogP contribution in [0.25, 0.3) is 0 Å². The fourth-order valence-corrected chi connectivity index (χ4v) is 2.09. The molecule has 0 atom stereocenters. The van der Waals surface area contributed by atoms with Crippen molar-refractivity contribution in [1.29, 1.82) is 0 Å². The average Bonchev–Trinajstić information content (AvgIpc) is 2.25. The third-order valence-corrected chi connectivity index (χ3v) is 3.15. The molecule has 0 amide bonds. The summed E-state index contributed by atoms with van der Waals surface area (Å²) >= 11 is 0. The van der Waals surface area contributed by atoms with Gasteiger partial charge in [0.25, 0.3) is 0 Å². The highest BCUT2D eigenvalue weighted by Crippen LogP contribution is 2.08. The minimum absolute atomic E-state index is 0.605. The number of rotatable bonds is 6. The summed E-state index contributed by atoms with van der Waals surface area (Å²) in [5.74, 6) is 0. The van der Waals surface area contributed by atoms with E-state index in [1.165, 1.54) is 32.5 Å². The molecule has 3 nitrogen and oxygen atoms in total. The van der Waals surface area contributed by atoms with Gasteiger partial charge in [-0.25, -0.2) is 0 Å². The molecular formula is C12H27N3. The van der Waals surface area contributed by atoms with Crippen molar-refractivity contribution < 1.29 is 0 Å². The standard InChI is InChI=1S/C12H27N3/c1-4-15-9-5-12(6-10-15)14-8-7-13-11(2)3/h11-14H,4-10H2,1-3H3. The molecule has 0 spiro atoms. The van der Waals surface area contributed by atoms with Crippen molar-refractivity contribution in [3.63, 3.8) is 0 Å². The van der Waals surface area contributed by atoms with Gasteiger partial charge in [0.1, 0.15) is 0 Å². The molecule has 1 aliphatic heterocycles. The lowest BCUT2D eigenvalue weighted by atomic mass is 10.1. The van der Waals surface area contributed by atoms with E-state index in [4.69, 9.17) is 0 Å². The highest BCUT2D eigenvalue weighted by atomic mass is 15.1. The molecule has 1 fully saturated rings. The van der Waals surface area contributed by atoms with Crippen molar-refractivity contribution in [2.75, 3.05) is 32.7 Å². The molecular weight excluding hydrogens is 186 g/mol. The molecule has 0 aromatic carbocycles. The Morgan fingerprint density at radius 2 is 1.87 bits per heavy atom. The van der Waals surface area contributed by atoms with Gasteiger partial charge in [0, 0.05) is 25.2 Å². The summed E-state index contributed by atoms with van der Waals surface area (Å²) in [6.45, 7) is 12.6. The Morgan fingerprint density at radius 3 is 2.40 bits per heavy atom. The summed E-state index contributed by atoms with van der Waals surface area (Å²) < 4.78 is 0. The molecule has 3 heteroatoms. The van der Waals surface area contributed by atoms with Crippen molar-refractivity contribution in [1.82, 2.24) is 15.5 Å². The van der Waals surface area contributed by atoms with Crippen molar-refractivity contribution in [3.8, 4) is 0 Å². The first-order chi connectivity index (χ1) is 7.22. The quantitative estimate of drug-likeness (QED) is 0.646. The summed E-state index contributed by atoms with van der Waals surface area (Å²) in [7, 11) is 0. The molecule has 0 radical (unpaired) electrons. The maximum absolute atomic E-state index is 3.63. The lowest BCUT2D eigenvalue weighted by Crippen LogP contribution is -2.44. The van der Waals surface area contributed by atoms with Gasteiger partial charge in [-0.15, -0.1) is 0 Å². The molecule has 0 aromatic heterocycles. The molecule has 15 heavy (non-hydrogen) atoms. The zero-order chi connectivity index (χ0) is 11.1. The second-order valence-electron chi connectivity index (χ2n) is 4.77. The second-order valence-corrected chi connectivity index (χ2v) is 4.77.